The van der Waals surface area contributed by atoms with Gasteiger partial charge in [0.25, 0.3) is 0 Å². The third-order valence-electron chi connectivity index (χ3n) is 5.86. The van der Waals surface area contributed by atoms with Gasteiger partial charge in [0, 0.05) is 29.7 Å². The van der Waals surface area contributed by atoms with Crippen LogP contribution in [0.25, 0.3) is 10.9 Å². The second-order valence-electron chi connectivity index (χ2n) is 7.89. The van der Waals surface area contributed by atoms with Crippen molar-refractivity contribution in [2.24, 2.45) is 0 Å². The Hall–Kier alpha value is -3.79. The molecule has 31 heavy (non-hydrogen) atoms. The molecule has 0 amide bonds. The monoisotopic (exact) mass is 413 g/mol. The van der Waals surface area contributed by atoms with Crippen LogP contribution in [-0.4, -0.2) is 28.0 Å². The zero-order valence-electron chi connectivity index (χ0n) is 17.6. The molecule has 2 aromatic carbocycles. The molecule has 2 aromatic heterocycles. The lowest BCUT2D eigenvalue weighted by Crippen LogP contribution is -2.17. The molecule has 1 fully saturated rings. The molecular formula is C24H23N5O2. The highest BCUT2D eigenvalue weighted by Crippen LogP contribution is 2.30. The van der Waals surface area contributed by atoms with Gasteiger partial charge < -0.3 is 14.2 Å². The van der Waals surface area contributed by atoms with Gasteiger partial charge in [-0.3, -0.25) is 4.68 Å². The Morgan fingerprint density at radius 2 is 1.81 bits per heavy atom. The molecular weight excluding hydrogens is 390 g/mol. The molecule has 0 unspecified atom stereocenters. The maximum Gasteiger partial charge on any atom is 0.170 e. The van der Waals surface area contributed by atoms with Crippen molar-refractivity contribution >= 4 is 16.6 Å². The van der Waals surface area contributed by atoms with E-state index in [4.69, 9.17) is 9.26 Å². The summed E-state index contributed by atoms with van der Waals surface area (Å²) in [7, 11) is 0. The largest absolute Gasteiger partial charge is 0.457 e. The summed E-state index contributed by atoms with van der Waals surface area (Å²) in [6, 6.07) is 16.1. The van der Waals surface area contributed by atoms with Gasteiger partial charge in [-0.05, 0) is 69.2 Å². The number of anilines is 1. The van der Waals surface area contributed by atoms with Gasteiger partial charge in [0.1, 0.15) is 23.3 Å². The number of aryl methyl sites for hydroxylation is 2. The average molecular weight is 413 g/mol. The maximum atomic E-state index is 9.60. The van der Waals surface area contributed by atoms with Crippen LogP contribution in [0.1, 0.15) is 35.6 Å². The highest BCUT2D eigenvalue weighted by molar-refractivity contribution is 5.85. The minimum Gasteiger partial charge on any atom is -0.457 e. The van der Waals surface area contributed by atoms with Crippen LogP contribution in [0.5, 0.6) is 11.5 Å². The Bertz CT molecular complexity index is 1250. The number of rotatable bonds is 5. The third-order valence-corrected chi connectivity index (χ3v) is 5.86. The lowest BCUT2D eigenvalue weighted by Gasteiger charge is -2.17. The molecule has 156 valence electrons. The van der Waals surface area contributed by atoms with E-state index < -0.39 is 0 Å². The predicted octanol–water partition coefficient (Wildman–Crippen LogP) is 4.95. The zero-order chi connectivity index (χ0) is 21.4. The number of fused-ring (bicyclic) bond motifs is 1. The number of benzene rings is 2. The Morgan fingerprint density at radius 1 is 1.06 bits per heavy atom. The van der Waals surface area contributed by atoms with Crippen molar-refractivity contribution in [2.45, 2.75) is 33.2 Å². The van der Waals surface area contributed by atoms with E-state index in [1.165, 1.54) is 18.5 Å². The topological polar surface area (TPSA) is 80.1 Å². The van der Waals surface area contributed by atoms with Gasteiger partial charge in [-0.25, -0.2) is 0 Å². The fraction of sp³-hybridized carbons (Fsp3) is 0.292. The molecule has 0 saturated carbocycles. The van der Waals surface area contributed by atoms with Gasteiger partial charge >= 0.3 is 0 Å². The summed E-state index contributed by atoms with van der Waals surface area (Å²) in [4.78, 5) is 2.39. The summed E-state index contributed by atoms with van der Waals surface area (Å²) >= 11 is 0. The molecule has 1 saturated heterocycles. The zero-order valence-corrected chi connectivity index (χ0v) is 17.6. The molecule has 7 heteroatoms. The van der Waals surface area contributed by atoms with Crippen LogP contribution in [0.4, 0.5) is 5.69 Å². The van der Waals surface area contributed by atoms with Crippen LogP contribution in [0.2, 0.25) is 0 Å². The van der Waals surface area contributed by atoms with E-state index in [9.17, 15) is 5.26 Å². The number of hydrogen-bond acceptors (Lipinski definition) is 6. The maximum absolute atomic E-state index is 9.60. The molecule has 4 aromatic rings. The van der Waals surface area contributed by atoms with Crippen LogP contribution in [0, 0.1) is 25.2 Å². The summed E-state index contributed by atoms with van der Waals surface area (Å²) in [6.45, 7) is 6.52. The number of aromatic nitrogens is 3. The first kappa shape index (κ1) is 19.2. The Kier molecular flexibility index (Phi) is 4.83. The summed E-state index contributed by atoms with van der Waals surface area (Å²) in [5.41, 5.74) is 4.28. The Balaban J connectivity index is 1.41. The summed E-state index contributed by atoms with van der Waals surface area (Å²) < 4.78 is 13.1. The van der Waals surface area contributed by atoms with Crippen LogP contribution in [-0.2, 0) is 6.54 Å². The van der Waals surface area contributed by atoms with Gasteiger partial charge in [0.15, 0.2) is 5.69 Å². The summed E-state index contributed by atoms with van der Waals surface area (Å²) in [6.07, 6.45) is 2.51. The molecule has 5 rings (SSSR count). The molecule has 0 atom stereocenters. The second-order valence-corrected chi connectivity index (χ2v) is 7.89. The van der Waals surface area contributed by atoms with Crippen molar-refractivity contribution in [1.82, 2.24) is 14.9 Å². The first-order valence-corrected chi connectivity index (χ1v) is 10.5. The van der Waals surface area contributed by atoms with Crippen molar-refractivity contribution in [3.05, 3.63) is 65.2 Å². The molecule has 7 nitrogen and oxygen atoms in total. The quantitative estimate of drug-likeness (QED) is 0.460. The SMILES string of the molecule is Cc1noc(C)c1Cn1nc(C#N)c2cc(Oc3ccc(N4CCCC4)cc3)ccc21. The number of nitrogens with zero attached hydrogens (tertiary/aromatic N) is 5. The van der Waals surface area contributed by atoms with Crippen molar-refractivity contribution in [2.75, 3.05) is 18.0 Å². The number of ether oxygens (including phenoxy) is 1. The van der Waals surface area contributed by atoms with Crippen molar-refractivity contribution in [3.63, 3.8) is 0 Å². The van der Waals surface area contributed by atoms with Crippen LogP contribution in [0.15, 0.2) is 47.0 Å². The normalized spacial score (nSPS) is 13.6. The van der Waals surface area contributed by atoms with Crippen molar-refractivity contribution < 1.29 is 9.26 Å². The molecule has 0 radical (unpaired) electrons. The highest BCUT2D eigenvalue weighted by Gasteiger charge is 2.16. The van der Waals surface area contributed by atoms with E-state index >= 15 is 0 Å². The molecule has 0 bridgehead atoms. The number of hydrogen-bond donors (Lipinski definition) is 0. The Morgan fingerprint density at radius 3 is 2.48 bits per heavy atom. The van der Waals surface area contributed by atoms with Crippen LogP contribution >= 0.6 is 0 Å². The van der Waals surface area contributed by atoms with E-state index in [1.807, 2.05) is 48.9 Å². The van der Waals surface area contributed by atoms with Crippen molar-refractivity contribution in [1.29, 1.82) is 5.26 Å². The highest BCUT2D eigenvalue weighted by atomic mass is 16.5. The average Bonchev–Trinajstić information content (AvgIpc) is 3.51. The first-order chi connectivity index (χ1) is 15.1. The van der Waals surface area contributed by atoms with Gasteiger partial charge in [-0.2, -0.15) is 10.4 Å². The minimum atomic E-state index is 0.372. The smallest absolute Gasteiger partial charge is 0.170 e. The third kappa shape index (κ3) is 3.61. The van der Waals surface area contributed by atoms with E-state index in [1.54, 1.807) is 0 Å². The fourth-order valence-corrected chi connectivity index (χ4v) is 4.14. The molecule has 0 N–H and O–H groups in total. The fourth-order valence-electron chi connectivity index (χ4n) is 4.14. The molecule has 3 heterocycles. The first-order valence-electron chi connectivity index (χ1n) is 10.5. The molecule has 0 spiro atoms. The van der Waals surface area contributed by atoms with Gasteiger partial charge in [-0.15, -0.1) is 0 Å². The lowest BCUT2D eigenvalue weighted by atomic mass is 10.2. The standard InChI is InChI=1S/C24H23N5O2/c1-16-22(17(2)31-27-16)15-29-24-10-9-20(13-21(24)23(14-25)26-29)30-19-7-5-18(6-8-19)28-11-3-4-12-28/h5-10,13H,3-4,11-12,15H2,1-2H3. The van der Waals surface area contributed by atoms with Crippen molar-refractivity contribution in [3.8, 4) is 17.6 Å². The van der Waals surface area contributed by atoms with Gasteiger partial charge in [0.2, 0.25) is 0 Å². The van der Waals surface area contributed by atoms with E-state index in [0.717, 1.165) is 46.8 Å². The predicted molar refractivity (Wildman–Crippen MR) is 117 cm³/mol. The lowest BCUT2D eigenvalue weighted by molar-refractivity contribution is 0.392. The van der Waals surface area contributed by atoms with E-state index in [-0.39, 0.29) is 0 Å². The van der Waals surface area contributed by atoms with Crippen LogP contribution < -0.4 is 9.64 Å². The minimum absolute atomic E-state index is 0.372. The Labute approximate surface area is 180 Å². The second kappa shape index (κ2) is 7.80. The van der Waals surface area contributed by atoms with E-state index in [2.05, 4.69) is 33.4 Å². The van der Waals surface area contributed by atoms with Gasteiger partial charge in [-0.1, -0.05) is 5.16 Å². The molecule has 1 aliphatic heterocycles. The summed E-state index contributed by atoms with van der Waals surface area (Å²) in [5.74, 6) is 2.20. The van der Waals surface area contributed by atoms with Gasteiger partial charge in [0.05, 0.1) is 17.8 Å². The molecule has 1 aliphatic rings. The number of nitriles is 1. The molecule has 0 aliphatic carbocycles. The van der Waals surface area contributed by atoms with Crippen LogP contribution in [0.3, 0.4) is 0 Å². The van der Waals surface area contributed by atoms with E-state index in [0.29, 0.717) is 18.0 Å². The summed E-state index contributed by atoms with van der Waals surface area (Å²) in [5, 5.41) is 18.9.